The van der Waals surface area contributed by atoms with Crippen molar-refractivity contribution in [1.29, 1.82) is 0 Å². The highest BCUT2D eigenvalue weighted by Gasteiger charge is 2.10. The van der Waals surface area contributed by atoms with Crippen molar-refractivity contribution in [3.05, 3.63) is 34.9 Å². The second-order valence-electron chi connectivity index (χ2n) is 3.26. The van der Waals surface area contributed by atoms with E-state index in [1.165, 1.54) is 5.56 Å². The maximum absolute atomic E-state index is 5.90. The molecule has 0 unspecified atom stereocenters. The summed E-state index contributed by atoms with van der Waals surface area (Å²) in [5.41, 5.74) is 1.27. The summed E-state index contributed by atoms with van der Waals surface area (Å²) in [5, 5.41) is 0.802. The maximum atomic E-state index is 5.90. The van der Waals surface area contributed by atoms with Gasteiger partial charge in [-0.1, -0.05) is 23.7 Å². The van der Waals surface area contributed by atoms with Crippen molar-refractivity contribution in [2.24, 2.45) is 0 Å². The highest BCUT2D eigenvalue weighted by Crippen LogP contribution is 2.13. The normalized spacial score (nSPS) is 10.9. The summed E-state index contributed by atoms with van der Waals surface area (Å²) in [6.45, 7) is 0. The first kappa shape index (κ1) is 12.7. The van der Waals surface area contributed by atoms with Crippen LogP contribution in [0, 0.1) is 0 Å². The van der Waals surface area contributed by atoms with Gasteiger partial charge in [-0.15, -0.1) is 0 Å². The molecule has 1 aromatic carbocycles. The van der Waals surface area contributed by atoms with Gasteiger partial charge in [0.2, 0.25) is 0 Å². The Morgan fingerprint density at radius 2 is 2.00 bits per heavy atom. The number of benzene rings is 1. The Hall–Kier alpha value is -0.353. The third kappa shape index (κ3) is 4.80. The van der Waals surface area contributed by atoms with E-state index in [-0.39, 0.29) is 0 Å². The number of aryl methyl sites for hydroxylation is 1. The van der Waals surface area contributed by atoms with Crippen LogP contribution in [0.4, 0.5) is 0 Å². The summed E-state index contributed by atoms with van der Waals surface area (Å²) in [6, 6.07) is 8.98. The van der Waals surface area contributed by atoms with E-state index in [0.29, 0.717) is 0 Å². The molecule has 0 fully saturated rings. The average Bonchev–Trinajstić information content (AvgIpc) is 2.25. The highest BCUT2D eigenvalue weighted by molar-refractivity contribution is 6.44. The standard InChI is InChI=1S/C11H16ClO2Si/c1-13-15(14-2)8-4-6-10-5-3-7-11(12)9-10/h3,5,7,9H,4,6,8H2,1-2H3. The predicted molar refractivity (Wildman–Crippen MR) is 64.4 cm³/mol. The Morgan fingerprint density at radius 3 is 2.60 bits per heavy atom. The smallest absolute Gasteiger partial charge is 0.384 e. The van der Waals surface area contributed by atoms with E-state index in [1.54, 1.807) is 14.2 Å². The van der Waals surface area contributed by atoms with Crippen molar-refractivity contribution in [3.8, 4) is 0 Å². The number of hydrogen-bond donors (Lipinski definition) is 0. The van der Waals surface area contributed by atoms with Gasteiger partial charge in [0.25, 0.3) is 0 Å². The molecule has 0 aliphatic carbocycles. The molecule has 15 heavy (non-hydrogen) atoms. The van der Waals surface area contributed by atoms with Crippen molar-refractivity contribution in [2.75, 3.05) is 14.2 Å². The van der Waals surface area contributed by atoms with Gasteiger partial charge in [-0.3, -0.25) is 0 Å². The van der Waals surface area contributed by atoms with E-state index >= 15 is 0 Å². The molecule has 0 saturated carbocycles. The van der Waals surface area contributed by atoms with Crippen LogP contribution in [0.1, 0.15) is 12.0 Å². The zero-order valence-corrected chi connectivity index (χ0v) is 10.9. The van der Waals surface area contributed by atoms with Crippen LogP contribution in [0.3, 0.4) is 0 Å². The summed E-state index contributed by atoms with van der Waals surface area (Å²) >= 11 is 5.90. The summed E-state index contributed by atoms with van der Waals surface area (Å²) < 4.78 is 10.4. The zero-order valence-electron chi connectivity index (χ0n) is 9.13. The molecule has 0 saturated heterocycles. The van der Waals surface area contributed by atoms with Gasteiger partial charge in [0, 0.05) is 19.2 Å². The SMILES string of the molecule is CO[Si](CCCc1cccc(Cl)c1)OC. The molecule has 0 spiro atoms. The molecule has 1 aromatic rings. The minimum atomic E-state index is -1.04. The van der Waals surface area contributed by atoms with Gasteiger partial charge in [0.1, 0.15) is 0 Å². The van der Waals surface area contributed by atoms with Crippen LogP contribution in [-0.4, -0.2) is 23.5 Å². The molecular formula is C11H16ClO2Si. The molecule has 1 radical (unpaired) electrons. The Bertz CT molecular complexity index is 290. The molecule has 0 aliphatic heterocycles. The Kier molecular flexibility index (Phi) is 5.94. The number of halogens is 1. The molecule has 4 heteroatoms. The lowest BCUT2D eigenvalue weighted by molar-refractivity contribution is 0.276. The highest BCUT2D eigenvalue weighted by atomic mass is 35.5. The molecule has 2 nitrogen and oxygen atoms in total. The van der Waals surface area contributed by atoms with Gasteiger partial charge >= 0.3 is 9.28 Å². The summed E-state index contributed by atoms with van der Waals surface area (Å²) in [7, 11) is 2.38. The van der Waals surface area contributed by atoms with E-state index in [0.717, 1.165) is 23.9 Å². The molecule has 1 rings (SSSR count). The third-order valence-corrected chi connectivity index (χ3v) is 4.10. The van der Waals surface area contributed by atoms with Gasteiger partial charge in [-0.25, -0.2) is 0 Å². The van der Waals surface area contributed by atoms with Crippen LogP contribution in [0.15, 0.2) is 24.3 Å². The quantitative estimate of drug-likeness (QED) is 0.715. The number of hydrogen-bond acceptors (Lipinski definition) is 2. The Morgan fingerprint density at radius 1 is 1.27 bits per heavy atom. The molecular weight excluding hydrogens is 228 g/mol. The molecule has 0 heterocycles. The first-order valence-electron chi connectivity index (χ1n) is 4.94. The van der Waals surface area contributed by atoms with Crippen molar-refractivity contribution < 1.29 is 8.85 Å². The topological polar surface area (TPSA) is 18.5 Å². The first-order valence-corrected chi connectivity index (χ1v) is 6.84. The van der Waals surface area contributed by atoms with Gasteiger partial charge < -0.3 is 8.85 Å². The van der Waals surface area contributed by atoms with Gasteiger partial charge in [0.15, 0.2) is 0 Å². The Labute approximate surface area is 98.0 Å². The largest absolute Gasteiger partial charge is 0.397 e. The maximum Gasteiger partial charge on any atom is 0.384 e. The fraction of sp³-hybridized carbons (Fsp3) is 0.455. The summed E-state index contributed by atoms with van der Waals surface area (Å²) in [5.74, 6) is 0. The van der Waals surface area contributed by atoms with Crippen molar-refractivity contribution in [2.45, 2.75) is 18.9 Å². The number of rotatable bonds is 6. The predicted octanol–water partition coefficient (Wildman–Crippen LogP) is 3.05. The lowest BCUT2D eigenvalue weighted by Gasteiger charge is -2.08. The first-order chi connectivity index (χ1) is 7.26. The van der Waals surface area contributed by atoms with Crippen LogP contribution < -0.4 is 0 Å². The van der Waals surface area contributed by atoms with Gasteiger partial charge in [-0.2, -0.15) is 0 Å². The Balaban J connectivity index is 2.31. The molecule has 0 bridgehead atoms. The fourth-order valence-corrected chi connectivity index (χ4v) is 2.67. The minimum absolute atomic E-state index is 0.802. The van der Waals surface area contributed by atoms with Crippen LogP contribution in [0.5, 0.6) is 0 Å². The van der Waals surface area contributed by atoms with Gasteiger partial charge in [-0.05, 0) is 36.6 Å². The average molecular weight is 244 g/mol. The van der Waals surface area contributed by atoms with E-state index < -0.39 is 9.28 Å². The van der Waals surface area contributed by atoms with Crippen LogP contribution in [0.2, 0.25) is 11.1 Å². The monoisotopic (exact) mass is 243 g/mol. The fourth-order valence-electron chi connectivity index (χ4n) is 1.42. The van der Waals surface area contributed by atoms with Crippen LogP contribution in [-0.2, 0) is 15.3 Å². The molecule has 83 valence electrons. The van der Waals surface area contributed by atoms with E-state index in [1.807, 2.05) is 18.2 Å². The second kappa shape index (κ2) is 7.01. The summed E-state index contributed by atoms with van der Waals surface area (Å²) in [6.07, 6.45) is 2.11. The van der Waals surface area contributed by atoms with Crippen molar-refractivity contribution >= 4 is 20.9 Å². The molecule has 0 N–H and O–H groups in total. The lowest BCUT2D eigenvalue weighted by Crippen LogP contribution is -2.18. The van der Waals surface area contributed by atoms with Crippen molar-refractivity contribution in [3.63, 3.8) is 0 Å². The summed E-state index contributed by atoms with van der Waals surface area (Å²) in [4.78, 5) is 0. The molecule has 0 amide bonds. The lowest BCUT2D eigenvalue weighted by atomic mass is 10.1. The van der Waals surface area contributed by atoms with Crippen molar-refractivity contribution in [1.82, 2.24) is 0 Å². The molecule has 0 atom stereocenters. The second-order valence-corrected chi connectivity index (χ2v) is 5.76. The van der Waals surface area contributed by atoms with Crippen LogP contribution >= 0.6 is 11.6 Å². The van der Waals surface area contributed by atoms with Crippen LogP contribution in [0.25, 0.3) is 0 Å². The van der Waals surface area contributed by atoms with E-state index in [9.17, 15) is 0 Å². The molecule has 0 aromatic heterocycles. The third-order valence-electron chi connectivity index (χ3n) is 2.19. The molecule has 0 aliphatic rings. The van der Waals surface area contributed by atoms with E-state index in [4.69, 9.17) is 20.5 Å². The minimum Gasteiger partial charge on any atom is -0.397 e. The zero-order chi connectivity index (χ0) is 11.1. The van der Waals surface area contributed by atoms with E-state index in [2.05, 4.69) is 6.07 Å². The van der Waals surface area contributed by atoms with Gasteiger partial charge in [0.05, 0.1) is 0 Å².